The first kappa shape index (κ1) is 27.2. The fourth-order valence-electron chi connectivity index (χ4n) is 5.04. The van der Waals surface area contributed by atoms with E-state index in [1.807, 2.05) is 6.33 Å². The van der Waals surface area contributed by atoms with Crippen molar-refractivity contribution in [1.82, 2.24) is 29.8 Å². The largest absolute Gasteiger partial charge is 0.317 e. The average Bonchev–Trinajstić information content (AvgIpc) is 3.51. The van der Waals surface area contributed by atoms with Crippen LogP contribution in [-0.4, -0.2) is 50.7 Å². The van der Waals surface area contributed by atoms with E-state index in [4.69, 9.17) is 11.6 Å². The van der Waals surface area contributed by atoms with Gasteiger partial charge in [0.1, 0.15) is 0 Å². The minimum atomic E-state index is 0.288. The molecule has 192 valence electrons. The fourth-order valence-corrected chi connectivity index (χ4v) is 5.20. The van der Waals surface area contributed by atoms with Crippen LogP contribution < -0.4 is 10.7 Å². The summed E-state index contributed by atoms with van der Waals surface area (Å²) in [4.78, 5) is 13.5. The minimum absolute atomic E-state index is 0.288. The second-order valence-corrected chi connectivity index (χ2v) is 10.2. The molecule has 8 heteroatoms. The third kappa shape index (κ3) is 8.06. The summed E-state index contributed by atoms with van der Waals surface area (Å²) in [6.45, 7) is 11.2. The number of nitrogens with one attached hydrogen (secondary N) is 2. The molecular weight excluding hydrogens is 446 g/mol. The second-order valence-electron chi connectivity index (χ2n) is 9.89. The fraction of sp³-hybridized carbons (Fsp3) is 0.808. The molecular formula is C26H46ClN7. The molecule has 2 aromatic rings. The van der Waals surface area contributed by atoms with Crippen LogP contribution in [0.25, 0.3) is 11.2 Å². The van der Waals surface area contributed by atoms with Crippen LogP contribution in [0.15, 0.2) is 6.33 Å². The zero-order valence-corrected chi connectivity index (χ0v) is 22.4. The molecule has 0 atom stereocenters. The van der Waals surface area contributed by atoms with Crippen molar-refractivity contribution < 1.29 is 0 Å². The van der Waals surface area contributed by atoms with Gasteiger partial charge in [0.05, 0.1) is 6.33 Å². The number of hydrazine groups is 1. The van der Waals surface area contributed by atoms with Crippen molar-refractivity contribution in [1.29, 1.82) is 0 Å². The molecule has 1 saturated carbocycles. The first-order chi connectivity index (χ1) is 16.7. The molecule has 7 nitrogen and oxygen atoms in total. The molecule has 2 aliphatic rings. The van der Waals surface area contributed by atoms with Gasteiger partial charge in [-0.05, 0) is 69.1 Å². The molecule has 0 unspecified atom stereocenters. The molecule has 1 aliphatic heterocycles. The van der Waals surface area contributed by atoms with Gasteiger partial charge in [-0.25, -0.2) is 9.99 Å². The van der Waals surface area contributed by atoms with E-state index < -0.39 is 0 Å². The normalized spacial score (nSPS) is 17.8. The lowest BCUT2D eigenvalue weighted by molar-refractivity contribution is 0.209. The summed E-state index contributed by atoms with van der Waals surface area (Å²) in [6, 6.07) is 0.494. The Kier molecular flexibility index (Phi) is 11.9. The van der Waals surface area contributed by atoms with Crippen LogP contribution in [-0.2, 0) is 0 Å². The number of aromatic nitrogens is 4. The number of nitrogens with zero attached hydrogens (tertiary/aromatic N) is 5. The van der Waals surface area contributed by atoms with Crippen molar-refractivity contribution in [3.8, 4) is 0 Å². The summed E-state index contributed by atoms with van der Waals surface area (Å²) in [5, 5.41) is 5.92. The van der Waals surface area contributed by atoms with Gasteiger partial charge in [0.15, 0.2) is 17.0 Å². The highest BCUT2D eigenvalue weighted by atomic mass is 35.5. The number of imidazole rings is 1. The van der Waals surface area contributed by atoms with E-state index in [2.05, 4.69) is 56.0 Å². The molecule has 0 amide bonds. The zero-order chi connectivity index (χ0) is 24.2. The van der Waals surface area contributed by atoms with Crippen molar-refractivity contribution in [3.05, 3.63) is 11.6 Å². The monoisotopic (exact) mass is 491 g/mol. The van der Waals surface area contributed by atoms with Crippen molar-refractivity contribution in [2.45, 2.75) is 104 Å². The number of anilines is 1. The predicted molar refractivity (Wildman–Crippen MR) is 143 cm³/mol. The van der Waals surface area contributed by atoms with Crippen LogP contribution >= 0.6 is 11.6 Å². The number of piperidine rings is 1. The van der Waals surface area contributed by atoms with Crippen molar-refractivity contribution in [3.63, 3.8) is 0 Å². The Morgan fingerprint density at radius 2 is 1.62 bits per heavy atom. The van der Waals surface area contributed by atoms with E-state index in [1.165, 1.54) is 90.1 Å². The standard InChI is InChI=1S/C18H27ClN6.C8H19N/c1-2-5-13-8-10-24(11-9-13)23-16-15-17(22-18(19)21-16)25(12-20-15)14-6-3-4-7-14;1-3-5-7-9-8-6-4-2/h12-14H,2-11H2,1H3,(H,21,22,23);9H,3-8H2,1-2H3. The van der Waals surface area contributed by atoms with Crippen LogP contribution in [0, 0.1) is 5.92 Å². The van der Waals surface area contributed by atoms with E-state index in [-0.39, 0.29) is 5.28 Å². The molecule has 0 bridgehead atoms. The Labute approximate surface area is 211 Å². The summed E-state index contributed by atoms with van der Waals surface area (Å²) in [5.41, 5.74) is 5.14. The highest BCUT2D eigenvalue weighted by molar-refractivity contribution is 6.28. The lowest BCUT2D eigenvalue weighted by Crippen LogP contribution is -2.38. The molecule has 2 fully saturated rings. The zero-order valence-electron chi connectivity index (χ0n) is 21.7. The number of fused-ring (bicyclic) bond motifs is 1. The molecule has 0 spiro atoms. The first-order valence-corrected chi connectivity index (χ1v) is 14.2. The van der Waals surface area contributed by atoms with Crippen LogP contribution in [0.2, 0.25) is 5.28 Å². The molecule has 2 N–H and O–H groups in total. The maximum atomic E-state index is 6.22. The summed E-state index contributed by atoms with van der Waals surface area (Å²) in [5.74, 6) is 1.60. The van der Waals surface area contributed by atoms with E-state index in [0.29, 0.717) is 6.04 Å². The van der Waals surface area contributed by atoms with Crippen LogP contribution in [0.4, 0.5) is 5.82 Å². The summed E-state index contributed by atoms with van der Waals surface area (Å²) in [7, 11) is 0. The highest BCUT2D eigenvalue weighted by Crippen LogP contribution is 2.33. The van der Waals surface area contributed by atoms with Crippen molar-refractivity contribution in [2.75, 3.05) is 31.6 Å². The van der Waals surface area contributed by atoms with Crippen molar-refractivity contribution in [2.24, 2.45) is 5.92 Å². The molecule has 4 rings (SSSR count). The molecule has 3 heterocycles. The van der Waals surface area contributed by atoms with Gasteiger partial charge in [0, 0.05) is 19.1 Å². The van der Waals surface area contributed by atoms with Gasteiger partial charge >= 0.3 is 0 Å². The molecule has 1 aliphatic carbocycles. The van der Waals surface area contributed by atoms with Gasteiger partial charge in [-0.15, -0.1) is 0 Å². The Morgan fingerprint density at radius 3 is 2.24 bits per heavy atom. The lowest BCUT2D eigenvalue weighted by atomic mass is 9.93. The minimum Gasteiger partial charge on any atom is -0.317 e. The van der Waals surface area contributed by atoms with Gasteiger partial charge in [-0.1, -0.05) is 59.3 Å². The smallest absolute Gasteiger partial charge is 0.226 e. The van der Waals surface area contributed by atoms with E-state index in [0.717, 1.165) is 36.0 Å². The summed E-state index contributed by atoms with van der Waals surface area (Å²) in [6.07, 6.45) is 17.2. The Morgan fingerprint density at radius 1 is 0.941 bits per heavy atom. The number of hydrogen-bond acceptors (Lipinski definition) is 6. The van der Waals surface area contributed by atoms with Crippen LogP contribution in [0.3, 0.4) is 0 Å². The first-order valence-electron chi connectivity index (χ1n) is 13.8. The molecule has 0 radical (unpaired) electrons. The van der Waals surface area contributed by atoms with Gasteiger partial charge in [-0.3, -0.25) is 0 Å². The maximum absolute atomic E-state index is 6.22. The van der Waals surface area contributed by atoms with E-state index >= 15 is 0 Å². The third-order valence-corrected chi connectivity index (χ3v) is 7.27. The SMILES string of the molecule is CCCC1CCN(Nc2nc(Cl)nc3c2ncn3C2CCCC2)CC1.CCCCNCCCC. The number of halogens is 1. The number of hydrogen-bond donors (Lipinski definition) is 2. The molecule has 34 heavy (non-hydrogen) atoms. The molecule has 0 aromatic carbocycles. The average molecular weight is 492 g/mol. The lowest BCUT2D eigenvalue weighted by Gasteiger charge is -2.32. The summed E-state index contributed by atoms with van der Waals surface area (Å²) < 4.78 is 2.19. The van der Waals surface area contributed by atoms with Gasteiger partial charge in [0.2, 0.25) is 5.28 Å². The third-order valence-electron chi connectivity index (χ3n) is 7.10. The predicted octanol–water partition coefficient (Wildman–Crippen LogP) is 6.61. The van der Waals surface area contributed by atoms with E-state index in [1.54, 1.807) is 0 Å². The molecule has 2 aromatic heterocycles. The van der Waals surface area contributed by atoms with Crippen LogP contribution in [0.5, 0.6) is 0 Å². The molecule has 1 saturated heterocycles. The Hall–Kier alpha value is -1.44. The summed E-state index contributed by atoms with van der Waals surface area (Å²) >= 11 is 6.22. The number of unbranched alkanes of at least 4 members (excludes halogenated alkanes) is 2. The van der Waals surface area contributed by atoms with Gasteiger partial charge in [0.25, 0.3) is 0 Å². The highest BCUT2D eigenvalue weighted by Gasteiger charge is 2.23. The van der Waals surface area contributed by atoms with Gasteiger partial charge < -0.3 is 15.3 Å². The quantitative estimate of drug-likeness (QED) is 0.272. The Balaban J connectivity index is 0.000000309. The number of rotatable bonds is 11. The van der Waals surface area contributed by atoms with Gasteiger partial charge in [-0.2, -0.15) is 9.97 Å². The second kappa shape index (κ2) is 14.8. The topological polar surface area (TPSA) is 70.9 Å². The van der Waals surface area contributed by atoms with Crippen molar-refractivity contribution >= 4 is 28.6 Å². The van der Waals surface area contributed by atoms with E-state index in [9.17, 15) is 0 Å². The Bertz CT molecular complexity index is 820. The maximum Gasteiger partial charge on any atom is 0.226 e. The van der Waals surface area contributed by atoms with Crippen LogP contribution in [0.1, 0.15) is 104 Å².